The van der Waals surface area contributed by atoms with Crippen LogP contribution in [0.1, 0.15) is 20.3 Å². The number of halogens is 2. The Labute approximate surface area is 128 Å². The van der Waals surface area contributed by atoms with E-state index < -0.39 is 0 Å². The molecule has 0 fully saturated rings. The van der Waals surface area contributed by atoms with Gasteiger partial charge in [0.2, 0.25) is 5.91 Å². The monoisotopic (exact) mass is 320 g/mol. The number of hydrogen-bond donors (Lipinski definition) is 2. The van der Waals surface area contributed by atoms with Gasteiger partial charge in [-0.1, -0.05) is 37.0 Å². The molecule has 0 aliphatic heterocycles. The number of carbonyl (C=O) groups excluding carboxylic acids is 1. The van der Waals surface area contributed by atoms with E-state index in [0.717, 1.165) is 11.5 Å². The van der Waals surface area contributed by atoms with Gasteiger partial charge in [0, 0.05) is 17.9 Å². The maximum atomic E-state index is 11.8. The molecule has 106 valence electrons. The normalized spacial score (nSPS) is 10.8. The number of rotatable bonds is 6. The third-order valence-corrected chi connectivity index (χ3v) is 4.24. The average molecular weight is 321 g/mol. The molecule has 0 aliphatic rings. The van der Waals surface area contributed by atoms with E-state index in [-0.39, 0.29) is 5.91 Å². The van der Waals surface area contributed by atoms with Crippen molar-refractivity contribution in [3.8, 4) is 0 Å². The molecular weight excluding hydrogens is 303 g/mol. The number of hydrogen-bond acceptors (Lipinski definition) is 3. The zero-order chi connectivity index (χ0) is 14.4. The highest BCUT2D eigenvalue weighted by atomic mass is 35.5. The van der Waals surface area contributed by atoms with Crippen molar-refractivity contribution in [3.63, 3.8) is 0 Å². The van der Waals surface area contributed by atoms with Crippen molar-refractivity contribution >= 4 is 52.2 Å². The lowest BCUT2D eigenvalue weighted by atomic mass is 10.2. The molecule has 0 bridgehead atoms. The van der Waals surface area contributed by atoms with E-state index in [1.165, 1.54) is 0 Å². The molecule has 0 heterocycles. The highest BCUT2D eigenvalue weighted by Crippen LogP contribution is 2.32. The summed E-state index contributed by atoms with van der Waals surface area (Å²) in [5, 5.41) is 3.43. The molecule has 6 heteroatoms. The first-order valence-electron chi connectivity index (χ1n) is 6.02. The van der Waals surface area contributed by atoms with Crippen molar-refractivity contribution in [2.75, 3.05) is 22.6 Å². The maximum Gasteiger partial charge on any atom is 0.225 e. The van der Waals surface area contributed by atoms with Gasteiger partial charge < -0.3 is 11.1 Å². The second-order valence-corrected chi connectivity index (χ2v) is 6.59. The van der Waals surface area contributed by atoms with Crippen molar-refractivity contribution in [2.45, 2.75) is 20.3 Å². The Morgan fingerprint density at radius 2 is 1.95 bits per heavy atom. The summed E-state index contributed by atoms with van der Waals surface area (Å²) in [6.45, 7) is 4.31. The molecule has 0 unspecified atom stereocenters. The highest BCUT2D eigenvalue weighted by molar-refractivity contribution is 7.99. The largest absolute Gasteiger partial charge is 0.399 e. The molecule has 19 heavy (non-hydrogen) atoms. The van der Waals surface area contributed by atoms with E-state index in [4.69, 9.17) is 28.9 Å². The van der Waals surface area contributed by atoms with Crippen LogP contribution in [0.25, 0.3) is 0 Å². The minimum Gasteiger partial charge on any atom is -0.399 e. The predicted octanol–water partition coefficient (Wildman–Crippen LogP) is 4.29. The van der Waals surface area contributed by atoms with Crippen LogP contribution in [0.3, 0.4) is 0 Å². The van der Waals surface area contributed by atoms with Gasteiger partial charge >= 0.3 is 0 Å². The van der Waals surface area contributed by atoms with Gasteiger partial charge in [-0.3, -0.25) is 4.79 Å². The van der Waals surface area contributed by atoms with E-state index in [1.807, 2.05) is 0 Å². The number of carbonyl (C=O) groups is 1. The van der Waals surface area contributed by atoms with Crippen LogP contribution in [0.5, 0.6) is 0 Å². The summed E-state index contributed by atoms with van der Waals surface area (Å²) in [7, 11) is 0. The average Bonchev–Trinajstić information content (AvgIpc) is 2.29. The lowest BCUT2D eigenvalue weighted by molar-refractivity contribution is -0.115. The van der Waals surface area contributed by atoms with Crippen LogP contribution in [-0.2, 0) is 4.79 Å². The smallest absolute Gasteiger partial charge is 0.225 e. The molecule has 0 atom stereocenters. The minimum absolute atomic E-state index is 0.0928. The first kappa shape index (κ1) is 16.5. The molecular formula is C13H18Cl2N2OS. The second-order valence-electron chi connectivity index (χ2n) is 4.63. The van der Waals surface area contributed by atoms with Crippen molar-refractivity contribution in [2.24, 2.45) is 5.92 Å². The lowest BCUT2D eigenvalue weighted by Crippen LogP contribution is -2.13. The minimum atomic E-state index is -0.0928. The van der Waals surface area contributed by atoms with E-state index in [9.17, 15) is 4.79 Å². The van der Waals surface area contributed by atoms with Gasteiger partial charge in [-0.25, -0.2) is 0 Å². The van der Waals surface area contributed by atoms with Crippen LogP contribution in [0.4, 0.5) is 11.4 Å². The van der Waals surface area contributed by atoms with Crippen molar-refractivity contribution in [1.29, 1.82) is 0 Å². The Bertz CT molecular complexity index is 429. The number of benzene rings is 1. The van der Waals surface area contributed by atoms with Gasteiger partial charge in [-0.15, -0.1) is 0 Å². The van der Waals surface area contributed by atoms with Crippen LogP contribution in [0.15, 0.2) is 12.1 Å². The van der Waals surface area contributed by atoms with Crippen LogP contribution < -0.4 is 11.1 Å². The van der Waals surface area contributed by atoms with E-state index >= 15 is 0 Å². The summed E-state index contributed by atoms with van der Waals surface area (Å²) < 4.78 is 0. The summed E-state index contributed by atoms with van der Waals surface area (Å²) >= 11 is 13.8. The molecule has 0 spiro atoms. The molecule has 0 aromatic heterocycles. The predicted molar refractivity (Wildman–Crippen MR) is 86.3 cm³/mol. The van der Waals surface area contributed by atoms with Crippen LogP contribution >= 0.6 is 35.0 Å². The summed E-state index contributed by atoms with van der Waals surface area (Å²) in [6, 6.07) is 3.13. The molecule has 0 aliphatic carbocycles. The fourth-order valence-corrected chi connectivity index (χ4v) is 2.96. The molecule has 1 rings (SSSR count). The summed E-state index contributed by atoms with van der Waals surface area (Å²) in [5.41, 5.74) is 6.50. The Hall–Kier alpha value is -0.580. The van der Waals surface area contributed by atoms with Crippen LogP contribution in [-0.4, -0.2) is 17.4 Å². The molecule has 0 saturated carbocycles. The fourth-order valence-electron chi connectivity index (χ4n) is 1.40. The molecule has 1 amide bonds. The Kier molecular flexibility index (Phi) is 6.83. The number of amides is 1. The van der Waals surface area contributed by atoms with Gasteiger partial charge in [0.25, 0.3) is 0 Å². The highest BCUT2D eigenvalue weighted by Gasteiger charge is 2.11. The Morgan fingerprint density at radius 3 is 2.47 bits per heavy atom. The van der Waals surface area contributed by atoms with Gasteiger partial charge in [0.05, 0.1) is 15.7 Å². The summed E-state index contributed by atoms with van der Waals surface area (Å²) in [5.74, 6) is 2.38. The quantitative estimate of drug-likeness (QED) is 0.607. The van der Waals surface area contributed by atoms with Crippen molar-refractivity contribution < 1.29 is 4.79 Å². The second kappa shape index (κ2) is 7.88. The number of nitrogen functional groups attached to an aromatic ring is 1. The molecule has 1 aromatic carbocycles. The van der Waals surface area contributed by atoms with Crippen molar-refractivity contribution in [3.05, 3.63) is 22.2 Å². The molecule has 0 saturated heterocycles. The Morgan fingerprint density at radius 1 is 1.37 bits per heavy atom. The summed E-state index contributed by atoms with van der Waals surface area (Å²) in [6.07, 6.45) is 0.439. The van der Waals surface area contributed by atoms with E-state index in [1.54, 1.807) is 23.9 Å². The first-order valence-corrected chi connectivity index (χ1v) is 7.93. The van der Waals surface area contributed by atoms with Gasteiger partial charge in [-0.2, -0.15) is 11.8 Å². The zero-order valence-corrected chi connectivity index (χ0v) is 13.3. The summed E-state index contributed by atoms with van der Waals surface area (Å²) in [4.78, 5) is 11.8. The molecule has 3 nitrogen and oxygen atoms in total. The fraction of sp³-hybridized carbons (Fsp3) is 0.462. The first-order chi connectivity index (χ1) is 8.90. The zero-order valence-electron chi connectivity index (χ0n) is 11.0. The van der Waals surface area contributed by atoms with E-state index in [0.29, 0.717) is 33.8 Å². The molecule has 0 radical (unpaired) electrons. The molecule has 3 N–H and O–H groups in total. The molecule has 1 aromatic rings. The topological polar surface area (TPSA) is 55.1 Å². The third-order valence-electron chi connectivity index (χ3n) is 2.25. The van der Waals surface area contributed by atoms with E-state index in [2.05, 4.69) is 19.2 Å². The van der Waals surface area contributed by atoms with Gasteiger partial charge in [0.1, 0.15) is 0 Å². The SMILES string of the molecule is CC(C)CSCCC(=O)Nc1c(Cl)cc(N)cc1Cl. The maximum absolute atomic E-state index is 11.8. The van der Waals surface area contributed by atoms with Gasteiger partial charge in [0.15, 0.2) is 0 Å². The number of anilines is 2. The standard InChI is InChI=1S/C13H18Cl2N2OS/c1-8(2)7-19-4-3-12(18)17-13-10(14)5-9(16)6-11(13)15/h5-6,8H,3-4,7,16H2,1-2H3,(H,17,18). The number of nitrogens with two attached hydrogens (primary N) is 1. The number of thioether (sulfide) groups is 1. The van der Waals surface area contributed by atoms with Crippen LogP contribution in [0, 0.1) is 5.92 Å². The Balaban J connectivity index is 2.49. The van der Waals surface area contributed by atoms with Crippen LogP contribution in [0.2, 0.25) is 10.0 Å². The number of nitrogens with one attached hydrogen (secondary N) is 1. The van der Waals surface area contributed by atoms with Gasteiger partial charge in [-0.05, 0) is 23.8 Å². The van der Waals surface area contributed by atoms with Crippen molar-refractivity contribution in [1.82, 2.24) is 0 Å². The third kappa shape index (κ3) is 5.93. The lowest BCUT2D eigenvalue weighted by Gasteiger charge is -2.10.